The predicted octanol–water partition coefficient (Wildman–Crippen LogP) is 9.26. The Morgan fingerprint density at radius 2 is 1.10 bits per heavy atom. The fourth-order valence-corrected chi connectivity index (χ4v) is 7.65. The molecule has 0 saturated heterocycles. The number of carbonyl (C=O) groups excluding carboxylic acids is 2. The summed E-state index contributed by atoms with van der Waals surface area (Å²) < 4.78 is 12.1. The van der Waals surface area contributed by atoms with Crippen molar-refractivity contribution in [1.82, 2.24) is 10.9 Å². The van der Waals surface area contributed by atoms with Crippen molar-refractivity contribution in [2.24, 2.45) is 0 Å². The lowest BCUT2D eigenvalue weighted by Gasteiger charge is -2.10. The van der Waals surface area contributed by atoms with Crippen molar-refractivity contribution < 1.29 is 19.1 Å². The number of thiophene rings is 4. The Hall–Kier alpha value is -2.66. The SMILES string of the molecule is CCCCCCOc1cc(-c2cccs2)sc1C(=O)NNC(=O)c1sc(-c2cccs2)cc1OCCCCCC. The van der Waals surface area contributed by atoms with E-state index in [1.165, 1.54) is 22.7 Å². The Morgan fingerprint density at radius 1 is 0.650 bits per heavy atom. The summed E-state index contributed by atoms with van der Waals surface area (Å²) in [5, 5.41) is 4.02. The van der Waals surface area contributed by atoms with Crippen molar-refractivity contribution in [3.05, 3.63) is 56.9 Å². The second-order valence-electron chi connectivity index (χ2n) is 9.29. The minimum atomic E-state index is -0.401. The fourth-order valence-electron chi connectivity index (χ4n) is 4.01. The van der Waals surface area contributed by atoms with Gasteiger partial charge in [-0.05, 0) is 35.7 Å². The molecule has 0 spiro atoms. The van der Waals surface area contributed by atoms with Gasteiger partial charge < -0.3 is 9.47 Å². The average Bonchev–Trinajstić information content (AvgIpc) is 3.78. The summed E-state index contributed by atoms with van der Waals surface area (Å²) in [6, 6.07) is 11.9. The molecule has 10 heteroatoms. The van der Waals surface area contributed by atoms with Crippen LogP contribution in [-0.2, 0) is 0 Å². The maximum absolute atomic E-state index is 13.3. The van der Waals surface area contributed by atoms with E-state index in [9.17, 15) is 9.59 Å². The number of unbranched alkanes of at least 4 members (excludes halogenated alkanes) is 6. The van der Waals surface area contributed by atoms with Crippen LogP contribution in [0.25, 0.3) is 19.5 Å². The number of hydrogen-bond donors (Lipinski definition) is 2. The third-order valence-corrected chi connectivity index (χ3v) is 10.5. The Morgan fingerprint density at radius 3 is 1.48 bits per heavy atom. The van der Waals surface area contributed by atoms with Gasteiger partial charge in [0.2, 0.25) is 0 Å². The van der Waals surface area contributed by atoms with Gasteiger partial charge in [-0.25, -0.2) is 0 Å². The first-order chi connectivity index (χ1) is 19.6. The summed E-state index contributed by atoms with van der Waals surface area (Å²) in [5.74, 6) is 0.288. The van der Waals surface area contributed by atoms with E-state index in [1.54, 1.807) is 22.7 Å². The molecule has 0 aliphatic rings. The number of amides is 2. The molecule has 2 N–H and O–H groups in total. The second kappa shape index (κ2) is 16.0. The zero-order chi connectivity index (χ0) is 28.2. The van der Waals surface area contributed by atoms with Crippen molar-refractivity contribution in [2.45, 2.75) is 65.2 Å². The Labute approximate surface area is 252 Å². The van der Waals surface area contributed by atoms with Gasteiger partial charge >= 0.3 is 0 Å². The molecule has 4 aromatic heterocycles. The second-order valence-corrected chi connectivity index (χ2v) is 13.3. The quantitative estimate of drug-likeness (QED) is 0.0972. The molecule has 0 saturated carbocycles. The third kappa shape index (κ3) is 8.42. The number of nitrogens with one attached hydrogen (secondary N) is 2. The van der Waals surface area contributed by atoms with Crippen molar-refractivity contribution >= 4 is 57.2 Å². The molecule has 0 bridgehead atoms. The molecule has 4 aromatic rings. The molecular weight excluding hydrogens is 581 g/mol. The summed E-state index contributed by atoms with van der Waals surface area (Å²) in [5.41, 5.74) is 5.22. The number of carbonyl (C=O) groups is 2. The van der Waals surface area contributed by atoms with Crippen LogP contribution in [0.2, 0.25) is 0 Å². The number of rotatable bonds is 16. The lowest BCUT2D eigenvalue weighted by Crippen LogP contribution is -2.41. The molecule has 0 radical (unpaired) electrons. The van der Waals surface area contributed by atoms with Crippen LogP contribution in [0.5, 0.6) is 11.5 Å². The predicted molar refractivity (Wildman–Crippen MR) is 169 cm³/mol. The molecule has 4 heterocycles. The molecule has 0 atom stereocenters. The van der Waals surface area contributed by atoms with Gasteiger partial charge in [0.25, 0.3) is 11.8 Å². The van der Waals surface area contributed by atoms with Gasteiger partial charge in [0.15, 0.2) is 0 Å². The molecule has 0 aliphatic heterocycles. The minimum absolute atomic E-state index is 0.401. The largest absolute Gasteiger partial charge is 0.492 e. The van der Waals surface area contributed by atoms with Gasteiger partial charge in [-0.15, -0.1) is 45.3 Å². The highest BCUT2D eigenvalue weighted by molar-refractivity contribution is 7.23. The fraction of sp³-hybridized carbons (Fsp3) is 0.400. The van der Waals surface area contributed by atoms with Crippen LogP contribution in [0.15, 0.2) is 47.2 Å². The molecule has 2 amide bonds. The standard InChI is InChI=1S/C30H36N2O4S4/c1-3-5-7-9-15-35-21-19-25(23-13-11-17-37-23)39-27(21)29(33)31-32-30(34)28-22(36-16-10-8-6-4-2)20-26(40-28)24-14-12-18-38-24/h11-14,17-20H,3-10,15-16H2,1-2H3,(H,31,33)(H,32,34). The highest BCUT2D eigenvalue weighted by Crippen LogP contribution is 2.40. The van der Waals surface area contributed by atoms with Crippen molar-refractivity contribution in [3.8, 4) is 31.0 Å². The van der Waals surface area contributed by atoms with Gasteiger partial charge in [0, 0.05) is 31.6 Å². The summed E-state index contributed by atoms with van der Waals surface area (Å²) in [6.07, 6.45) is 8.67. The zero-order valence-electron chi connectivity index (χ0n) is 23.0. The van der Waals surface area contributed by atoms with E-state index in [1.807, 2.05) is 47.2 Å². The molecule has 0 fully saturated rings. The minimum Gasteiger partial charge on any atom is -0.492 e. The van der Waals surface area contributed by atoms with Crippen LogP contribution >= 0.6 is 45.3 Å². The highest BCUT2D eigenvalue weighted by Gasteiger charge is 2.23. The first-order valence-corrected chi connectivity index (χ1v) is 17.2. The van der Waals surface area contributed by atoms with Crippen molar-refractivity contribution in [1.29, 1.82) is 0 Å². The number of hydrazine groups is 1. The number of ether oxygens (including phenoxy) is 2. The molecule has 0 aliphatic carbocycles. The van der Waals surface area contributed by atoms with Crippen LogP contribution in [0.1, 0.15) is 84.6 Å². The van der Waals surface area contributed by atoms with Crippen LogP contribution in [0, 0.1) is 0 Å². The van der Waals surface area contributed by atoms with E-state index in [0.29, 0.717) is 34.5 Å². The Balaban J connectivity index is 1.44. The molecular formula is C30H36N2O4S4. The monoisotopic (exact) mass is 616 g/mol. The first kappa shape index (κ1) is 30.3. The lowest BCUT2D eigenvalue weighted by atomic mass is 10.2. The molecule has 0 unspecified atom stereocenters. The van der Waals surface area contributed by atoms with Gasteiger partial charge in [-0.1, -0.05) is 64.5 Å². The molecule has 4 rings (SSSR count). The van der Waals surface area contributed by atoms with Crippen LogP contribution in [-0.4, -0.2) is 25.0 Å². The topological polar surface area (TPSA) is 76.7 Å². The third-order valence-electron chi connectivity index (χ3n) is 6.14. The van der Waals surface area contributed by atoms with Gasteiger partial charge in [0.1, 0.15) is 21.3 Å². The lowest BCUT2D eigenvalue weighted by molar-refractivity contribution is 0.0847. The summed E-state index contributed by atoms with van der Waals surface area (Å²) >= 11 is 5.96. The van der Waals surface area contributed by atoms with Gasteiger partial charge in [-0.3, -0.25) is 20.4 Å². The smallest absolute Gasteiger partial charge is 0.283 e. The average molecular weight is 617 g/mol. The van der Waals surface area contributed by atoms with E-state index in [0.717, 1.165) is 70.9 Å². The molecule has 6 nitrogen and oxygen atoms in total. The Kier molecular flexibility index (Phi) is 12.1. The molecule has 0 aromatic carbocycles. The molecule has 214 valence electrons. The zero-order valence-corrected chi connectivity index (χ0v) is 26.2. The van der Waals surface area contributed by atoms with E-state index >= 15 is 0 Å². The summed E-state index contributed by atoms with van der Waals surface area (Å²) in [4.78, 5) is 31.5. The van der Waals surface area contributed by atoms with E-state index in [4.69, 9.17) is 9.47 Å². The van der Waals surface area contributed by atoms with Gasteiger partial charge in [-0.2, -0.15) is 0 Å². The van der Waals surface area contributed by atoms with Crippen molar-refractivity contribution in [2.75, 3.05) is 13.2 Å². The van der Waals surface area contributed by atoms with E-state index in [-0.39, 0.29) is 0 Å². The highest BCUT2D eigenvalue weighted by atomic mass is 32.1. The maximum atomic E-state index is 13.3. The van der Waals surface area contributed by atoms with Crippen LogP contribution in [0.4, 0.5) is 0 Å². The van der Waals surface area contributed by atoms with E-state index in [2.05, 4.69) is 24.7 Å². The molecule has 40 heavy (non-hydrogen) atoms. The van der Waals surface area contributed by atoms with Crippen LogP contribution < -0.4 is 20.3 Å². The van der Waals surface area contributed by atoms with Crippen LogP contribution in [0.3, 0.4) is 0 Å². The maximum Gasteiger partial charge on any atom is 0.283 e. The summed E-state index contributed by atoms with van der Waals surface area (Å²) in [7, 11) is 0. The first-order valence-electron chi connectivity index (χ1n) is 13.8. The normalized spacial score (nSPS) is 10.9. The number of hydrogen-bond acceptors (Lipinski definition) is 8. The van der Waals surface area contributed by atoms with Crippen molar-refractivity contribution in [3.63, 3.8) is 0 Å². The Bertz CT molecular complexity index is 1220. The summed E-state index contributed by atoms with van der Waals surface area (Å²) in [6.45, 7) is 5.44. The van der Waals surface area contributed by atoms with E-state index < -0.39 is 11.8 Å². The van der Waals surface area contributed by atoms with Gasteiger partial charge in [0.05, 0.1) is 13.2 Å².